The predicted octanol–water partition coefficient (Wildman–Crippen LogP) is 4.67. The average molecular weight is 471 g/mol. The molecule has 2 atom stereocenters. The van der Waals surface area contributed by atoms with Crippen molar-refractivity contribution in [3.63, 3.8) is 0 Å². The fourth-order valence-corrected chi connectivity index (χ4v) is 4.93. The molecule has 178 valence electrons. The third-order valence-electron chi connectivity index (χ3n) is 6.58. The van der Waals surface area contributed by atoms with Gasteiger partial charge in [0.25, 0.3) is 0 Å². The molecule has 35 heavy (non-hydrogen) atoms. The first-order valence-corrected chi connectivity index (χ1v) is 11.4. The molecule has 8 nitrogen and oxygen atoms in total. The Morgan fingerprint density at radius 3 is 2.57 bits per heavy atom. The van der Waals surface area contributed by atoms with E-state index in [4.69, 9.17) is 4.74 Å². The number of ether oxygens (including phenoxy) is 1. The maximum absolute atomic E-state index is 14.1. The number of aromatic amines is 1. The number of carboxylic acids is 1. The molecule has 0 aliphatic rings. The molecule has 5 aromatic rings. The number of nitrogens with one attached hydrogen (secondary N) is 1. The summed E-state index contributed by atoms with van der Waals surface area (Å²) in [7, 11) is 1.51. The van der Waals surface area contributed by atoms with Gasteiger partial charge in [0.15, 0.2) is 5.65 Å². The summed E-state index contributed by atoms with van der Waals surface area (Å²) in [6.45, 7) is 4.02. The number of pyridine rings is 1. The summed E-state index contributed by atoms with van der Waals surface area (Å²) in [6.07, 6.45) is 1.67. The Hall–Kier alpha value is -4.33. The zero-order chi connectivity index (χ0) is 24.7. The van der Waals surface area contributed by atoms with Gasteiger partial charge < -0.3 is 14.8 Å². The van der Waals surface area contributed by atoms with Crippen molar-refractivity contribution < 1.29 is 14.6 Å². The Balaban J connectivity index is 1.79. The average Bonchev–Trinajstić information content (AvgIpc) is 3.42. The molecule has 2 N–H and O–H groups in total. The number of imidazole rings is 1. The van der Waals surface area contributed by atoms with Crippen molar-refractivity contribution in [3.8, 4) is 5.88 Å². The molecular formula is C27H26N4O4. The van der Waals surface area contributed by atoms with E-state index in [2.05, 4.69) is 9.97 Å². The monoisotopic (exact) mass is 470 g/mol. The van der Waals surface area contributed by atoms with Gasteiger partial charge in [0, 0.05) is 28.7 Å². The van der Waals surface area contributed by atoms with Crippen LogP contribution in [0, 0.1) is 6.92 Å². The van der Waals surface area contributed by atoms with Crippen LogP contribution in [0.1, 0.15) is 42.1 Å². The van der Waals surface area contributed by atoms with Crippen molar-refractivity contribution in [2.45, 2.75) is 32.4 Å². The third kappa shape index (κ3) is 3.77. The summed E-state index contributed by atoms with van der Waals surface area (Å²) in [6, 6.07) is 17.7. The number of hydrogen-bond acceptors (Lipinski definition) is 4. The Bertz CT molecular complexity index is 1600. The fourth-order valence-electron chi connectivity index (χ4n) is 4.93. The fraction of sp³-hybridized carbons (Fsp3) is 0.222. The molecule has 0 saturated heterocycles. The highest BCUT2D eigenvalue weighted by atomic mass is 16.5. The minimum atomic E-state index is -1.00. The van der Waals surface area contributed by atoms with Gasteiger partial charge in [-0.15, -0.1) is 0 Å². The number of carboxylic acid groups (broad SMARTS) is 1. The van der Waals surface area contributed by atoms with E-state index in [0.717, 1.165) is 27.6 Å². The van der Waals surface area contributed by atoms with Crippen molar-refractivity contribution in [1.82, 2.24) is 19.1 Å². The summed E-state index contributed by atoms with van der Waals surface area (Å²) >= 11 is 0. The molecule has 8 heteroatoms. The summed E-state index contributed by atoms with van der Waals surface area (Å²) in [5, 5.41) is 10.8. The lowest BCUT2D eigenvalue weighted by molar-refractivity contribution is -0.137. The number of H-pyrrole nitrogens is 1. The maximum atomic E-state index is 14.1. The van der Waals surface area contributed by atoms with E-state index in [1.165, 1.54) is 11.7 Å². The second-order valence-corrected chi connectivity index (χ2v) is 8.66. The molecule has 0 bridgehead atoms. The first-order valence-electron chi connectivity index (χ1n) is 11.4. The van der Waals surface area contributed by atoms with E-state index in [0.29, 0.717) is 17.0 Å². The lowest BCUT2D eigenvalue weighted by Gasteiger charge is -2.17. The van der Waals surface area contributed by atoms with Crippen LogP contribution in [0.4, 0.5) is 0 Å². The van der Waals surface area contributed by atoms with Crippen LogP contribution in [0.15, 0.2) is 71.7 Å². The Morgan fingerprint density at radius 1 is 1.09 bits per heavy atom. The van der Waals surface area contributed by atoms with Gasteiger partial charge in [0.05, 0.1) is 31.1 Å². The number of fused-ring (bicyclic) bond motifs is 2. The molecule has 0 radical (unpaired) electrons. The zero-order valence-electron chi connectivity index (χ0n) is 19.7. The summed E-state index contributed by atoms with van der Waals surface area (Å²) in [5.74, 6) is -0.657. The van der Waals surface area contributed by atoms with Crippen LogP contribution in [0.2, 0.25) is 0 Å². The van der Waals surface area contributed by atoms with E-state index in [-0.39, 0.29) is 18.2 Å². The minimum absolute atomic E-state index is 0.261. The van der Waals surface area contributed by atoms with Crippen LogP contribution < -0.4 is 10.4 Å². The molecule has 0 aliphatic heterocycles. The molecule has 3 heterocycles. The van der Waals surface area contributed by atoms with Crippen molar-refractivity contribution in [3.05, 3.63) is 94.0 Å². The molecule has 0 saturated carbocycles. The highest BCUT2D eigenvalue weighted by Gasteiger charge is 2.28. The van der Waals surface area contributed by atoms with Gasteiger partial charge >= 0.3 is 11.7 Å². The van der Waals surface area contributed by atoms with Gasteiger partial charge in [-0.2, -0.15) is 4.98 Å². The van der Waals surface area contributed by atoms with Crippen molar-refractivity contribution in [2.24, 2.45) is 0 Å². The Labute approximate surface area is 201 Å². The minimum Gasteiger partial charge on any atom is -0.481 e. The molecule has 0 aliphatic carbocycles. The largest absolute Gasteiger partial charge is 0.481 e. The highest BCUT2D eigenvalue weighted by molar-refractivity contribution is 5.87. The first-order chi connectivity index (χ1) is 16.9. The van der Waals surface area contributed by atoms with Crippen LogP contribution in [-0.4, -0.2) is 37.3 Å². The van der Waals surface area contributed by atoms with Crippen molar-refractivity contribution in [1.29, 1.82) is 0 Å². The van der Waals surface area contributed by atoms with E-state index in [9.17, 15) is 14.7 Å². The Morgan fingerprint density at radius 2 is 1.86 bits per heavy atom. The van der Waals surface area contributed by atoms with Crippen LogP contribution in [0.3, 0.4) is 0 Å². The summed E-state index contributed by atoms with van der Waals surface area (Å²) < 4.78 is 8.52. The first kappa shape index (κ1) is 22.5. The molecule has 0 spiro atoms. The van der Waals surface area contributed by atoms with E-state index >= 15 is 0 Å². The number of aryl methyl sites for hydroxylation is 1. The molecule has 3 aromatic heterocycles. The predicted molar refractivity (Wildman–Crippen MR) is 134 cm³/mol. The molecule has 0 fully saturated rings. The van der Waals surface area contributed by atoms with E-state index in [1.807, 2.05) is 68.6 Å². The SMILES string of the molecule is COc1ccc2c(n1)n([C@H](CC(=O)O)c1ccccc1)c(=O)n2C(C)c1c[nH]c2cccc(C)c12. The number of methoxy groups -OCH3 is 1. The second kappa shape index (κ2) is 8.79. The standard InChI is InChI=1S/C27H26N4O4/c1-16-8-7-11-20-25(16)19(15-28-20)17(2)30-21-12-13-23(35-3)29-26(21)31(27(30)34)22(14-24(32)33)18-9-5-4-6-10-18/h4-13,15,17,22,28H,14H2,1-3H3,(H,32,33)/t17?,22-/m1/s1. The summed E-state index contributed by atoms with van der Waals surface area (Å²) in [5.41, 5.74) is 4.46. The molecule has 2 aromatic carbocycles. The zero-order valence-corrected chi connectivity index (χ0v) is 19.7. The normalized spacial score (nSPS) is 13.2. The molecular weight excluding hydrogens is 444 g/mol. The number of nitrogens with zero attached hydrogens (tertiary/aromatic N) is 3. The Kier molecular flexibility index (Phi) is 5.64. The molecule has 1 unspecified atom stereocenters. The number of hydrogen-bond donors (Lipinski definition) is 2. The second-order valence-electron chi connectivity index (χ2n) is 8.66. The number of aromatic nitrogens is 4. The topological polar surface area (TPSA) is 102 Å². The van der Waals surface area contributed by atoms with E-state index in [1.54, 1.807) is 16.7 Å². The van der Waals surface area contributed by atoms with Gasteiger partial charge in [0.1, 0.15) is 0 Å². The van der Waals surface area contributed by atoms with Gasteiger partial charge in [-0.3, -0.25) is 13.9 Å². The third-order valence-corrected chi connectivity index (χ3v) is 6.58. The smallest absolute Gasteiger partial charge is 0.331 e. The van der Waals surface area contributed by atoms with E-state index < -0.39 is 12.0 Å². The summed E-state index contributed by atoms with van der Waals surface area (Å²) in [4.78, 5) is 33.9. The lowest BCUT2D eigenvalue weighted by atomic mass is 10.0. The van der Waals surface area contributed by atoms with Crippen molar-refractivity contribution >= 4 is 28.0 Å². The molecule has 5 rings (SSSR count). The van der Waals surface area contributed by atoms with Crippen molar-refractivity contribution in [2.75, 3.05) is 7.11 Å². The number of aliphatic carboxylic acids is 1. The van der Waals surface area contributed by atoms with Gasteiger partial charge in [-0.25, -0.2) is 4.79 Å². The number of carbonyl (C=O) groups is 1. The lowest BCUT2D eigenvalue weighted by Crippen LogP contribution is -2.31. The molecule has 0 amide bonds. The van der Waals surface area contributed by atoms with Gasteiger partial charge in [-0.1, -0.05) is 42.5 Å². The quantitative estimate of drug-likeness (QED) is 0.360. The van der Waals surface area contributed by atoms with Crippen LogP contribution in [0.25, 0.3) is 22.1 Å². The number of benzene rings is 2. The van der Waals surface area contributed by atoms with Crippen LogP contribution in [0.5, 0.6) is 5.88 Å². The van der Waals surface area contributed by atoms with Crippen LogP contribution in [-0.2, 0) is 4.79 Å². The number of rotatable bonds is 7. The van der Waals surface area contributed by atoms with Gasteiger partial charge in [-0.05, 0) is 37.1 Å². The van der Waals surface area contributed by atoms with Gasteiger partial charge in [0.2, 0.25) is 5.88 Å². The highest BCUT2D eigenvalue weighted by Crippen LogP contribution is 2.32. The maximum Gasteiger partial charge on any atom is 0.331 e. The van der Waals surface area contributed by atoms with Crippen LogP contribution >= 0.6 is 0 Å².